The van der Waals surface area contributed by atoms with Gasteiger partial charge in [0.25, 0.3) is 0 Å². The molecular formula is C11H13F4NO. The lowest BCUT2D eigenvalue weighted by atomic mass is 9.83. The third-order valence-corrected chi connectivity index (χ3v) is 2.77. The van der Waals surface area contributed by atoms with Crippen LogP contribution in [0.2, 0.25) is 0 Å². The molecule has 0 spiro atoms. The van der Waals surface area contributed by atoms with E-state index in [9.17, 15) is 17.6 Å². The maximum Gasteiger partial charge on any atom is 0.419 e. The Bertz CT molecular complexity index is 399. The first-order chi connectivity index (χ1) is 7.74. The molecule has 17 heavy (non-hydrogen) atoms. The first kappa shape index (κ1) is 13.9. The molecule has 0 aromatic heterocycles. The van der Waals surface area contributed by atoms with Crippen LogP contribution in [0.1, 0.15) is 18.1 Å². The number of hydrogen-bond donors (Lipinski definition) is 2. The average molecular weight is 251 g/mol. The number of hydrogen-bond acceptors (Lipinski definition) is 2. The van der Waals surface area contributed by atoms with Gasteiger partial charge in [-0.05, 0) is 17.7 Å². The zero-order valence-corrected chi connectivity index (χ0v) is 9.18. The zero-order valence-electron chi connectivity index (χ0n) is 9.18. The number of alkyl halides is 3. The Balaban J connectivity index is 3.22. The maximum atomic E-state index is 13.3. The highest BCUT2D eigenvalue weighted by Gasteiger charge is 2.35. The lowest BCUT2D eigenvalue weighted by Crippen LogP contribution is -2.35. The maximum absolute atomic E-state index is 13.3. The Morgan fingerprint density at radius 3 is 2.24 bits per heavy atom. The molecule has 1 aromatic rings. The molecule has 1 atom stereocenters. The fourth-order valence-corrected chi connectivity index (χ4v) is 1.39. The van der Waals surface area contributed by atoms with E-state index in [-0.39, 0.29) is 18.7 Å². The predicted octanol–water partition coefficient (Wildman–Crippen LogP) is 2.05. The van der Waals surface area contributed by atoms with E-state index in [1.165, 1.54) is 0 Å². The number of benzene rings is 1. The standard InChI is InChI=1S/C11H13F4NO/c1-10(5-16,6-17)7-2-3-8(9(12)4-7)11(13,14)15/h2-4,17H,5-6,16H2,1H3. The van der Waals surface area contributed by atoms with Gasteiger partial charge in [-0.1, -0.05) is 13.0 Å². The molecular weight excluding hydrogens is 238 g/mol. The smallest absolute Gasteiger partial charge is 0.395 e. The SMILES string of the molecule is CC(CN)(CO)c1ccc(C(F)(F)F)c(F)c1. The summed E-state index contributed by atoms with van der Waals surface area (Å²) in [5, 5.41) is 9.13. The highest BCUT2D eigenvalue weighted by atomic mass is 19.4. The van der Waals surface area contributed by atoms with Crippen LogP contribution in [0.5, 0.6) is 0 Å². The van der Waals surface area contributed by atoms with Gasteiger partial charge in [-0.3, -0.25) is 0 Å². The fourth-order valence-electron chi connectivity index (χ4n) is 1.39. The molecule has 1 aromatic carbocycles. The van der Waals surface area contributed by atoms with Crippen molar-refractivity contribution in [2.75, 3.05) is 13.2 Å². The molecule has 1 rings (SSSR count). The average Bonchev–Trinajstić information content (AvgIpc) is 2.26. The van der Waals surface area contributed by atoms with Crippen molar-refractivity contribution in [2.24, 2.45) is 5.73 Å². The van der Waals surface area contributed by atoms with Gasteiger partial charge in [0.15, 0.2) is 0 Å². The molecule has 0 saturated heterocycles. The number of nitrogens with two attached hydrogens (primary N) is 1. The predicted molar refractivity (Wildman–Crippen MR) is 54.9 cm³/mol. The summed E-state index contributed by atoms with van der Waals surface area (Å²) in [7, 11) is 0. The minimum atomic E-state index is -4.72. The van der Waals surface area contributed by atoms with Gasteiger partial charge in [-0.15, -0.1) is 0 Å². The first-order valence-corrected chi connectivity index (χ1v) is 4.93. The minimum Gasteiger partial charge on any atom is -0.395 e. The molecule has 0 bridgehead atoms. The van der Waals surface area contributed by atoms with Crippen LogP contribution >= 0.6 is 0 Å². The molecule has 2 nitrogen and oxygen atoms in total. The highest BCUT2D eigenvalue weighted by Crippen LogP contribution is 2.33. The van der Waals surface area contributed by atoms with Gasteiger partial charge in [0.2, 0.25) is 0 Å². The Labute approximate surface area is 96.1 Å². The summed E-state index contributed by atoms with van der Waals surface area (Å²) < 4.78 is 50.3. The van der Waals surface area contributed by atoms with Crippen LogP contribution in [0.4, 0.5) is 17.6 Å². The molecule has 0 heterocycles. The second kappa shape index (κ2) is 4.62. The van der Waals surface area contributed by atoms with Crippen molar-refractivity contribution in [3.8, 4) is 0 Å². The second-order valence-corrected chi connectivity index (χ2v) is 4.12. The van der Waals surface area contributed by atoms with Crippen LogP contribution in [0.15, 0.2) is 18.2 Å². The normalized spacial score (nSPS) is 15.7. The van der Waals surface area contributed by atoms with E-state index < -0.39 is 23.0 Å². The van der Waals surface area contributed by atoms with Crippen molar-refractivity contribution in [1.29, 1.82) is 0 Å². The lowest BCUT2D eigenvalue weighted by molar-refractivity contribution is -0.140. The van der Waals surface area contributed by atoms with E-state index in [2.05, 4.69) is 0 Å². The molecule has 3 N–H and O–H groups in total. The topological polar surface area (TPSA) is 46.2 Å². The van der Waals surface area contributed by atoms with Crippen LogP contribution in [-0.2, 0) is 11.6 Å². The molecule has 96 valence electrons. The van der Waals surface area contributed by atoms with Crippen LogP contribution in [0, 0.1) is 5.82 Å². The molecule has 0 amide bonds. The van der Waals surface area contributed by atoms with Gasteiger partial charge >= 0.3 is 6.18 Å². The molecule has 6 heteroatoms. The van der Waals surface area contributed by atoms with E-state index in [0.717, 1.165) is 12.1 Å². The summed E-state index contributed by atoms with van der Waals surface area (Å²) in [6.07, 6.45) is -4.72. The summed E-state index contributed by atoms with van der Waals surface area (Å²) in [6, 6.07) is 2.56. The number of aliphatic hydroxyl groups excluding tert-OH is 1. The molecule has 1 unspecified atom stereocenters. The van der Waals surface area contributed by atoms with E-state index in [4.69, 9.17) is 10.8 Å². The lowest BCUT2D eigenvalue weighted by Gasteiger charge is -2.26. The monoisotopic (exact) mass is 251 g/mol. The molecule has 0 aliphatic carbocycles. The van der Waals surface area contributed by atoms with Gasteiger partial charge < -0.3 is 10.8 Å². The quantitative estimate of drug-likeness (QED) is 0.808. The van der Waals surface area contributed by atoms with Crippen molar-refractivity contribution >= 4 is 0 Å². The Hall–Kier alpha value is -1.14. The number of halogens is 4. The van der Waals surface area contributed by atoms with Gasteiger partial charge in [0, 0.05) is 12.0 Å². The summed E-state index contributed by atoms with van der Waals surface area (Å²) in [5.74, 6) is -1.36. The molecule has 0 saturated carbocycles. The summed E-state index contributed by atoms with van der Waals surface area (Å²) >= 11 is 0. The molecule has 0 aliphatic heterocycles. The van der Waals surface area contributed by atoms with Gasteiger partial charge in [-0.25, -0.2) is 4.39 Å². The minimum absolute atomic E-state index is 0.00824. The fraction of sp³-hybridized carbons (Fsp3) is 0.455. The number of aliphatic hydroxyl groups is 1. The van der Waals surface area contributed by atoms with Gasteiger partial charge in [0.05, 0.1) is 12.2 Å². The number of rotatable bonds is 3. The second-order valence-electron chi connectivity index (χ2n) is 4.12. The van der Waals surface area contributed by atoms with Gasteiger partial charge in [0.1, 0.15) is 5.82 Å². The summed E-state index contributed by atoms with van der Waals surface area (Å²) in [5.41, 5.74) is 3.40. The first-order valence-electron chi connectivity index (χ1n) is 4.93. The Morgan fingerprint density at radius 1 is 1.29 bits per heavy atom. The van der Waals surface area contributed by atoms with Crippen LogP contribution in [0.25, 0.3) is 0 Å². The van der Waals surface area contributed by atoms with Crippen molar-refractivity contribution in [1.82, 2.24) is 0 Å². The van der Waals surface area contributed by atoms with Crippen LogP contribution in [-0.4, -0.2) is 18.3 Å². The van der Waals surface area contributed by atoms with E-state index in [0.29, 0.717) is 6.07 Å². The van der Waals surface area contributed by atoms with Crippen molar-refractivity contribution < 1.29 is 22.7 Å². The summed E-state index contributed by atoms with van der Waals surface area (Å²) in [6.45, 7) is 1.19. The molecule has 0 aliphatic rings. The summed E-state index contributed by atoms with van der Waals surface area (Å²) in [4.78, 5) is 0. The molecule has 0 radical (unpaired) electrons. The van der Waals surface area contributed by atoms with Crippen molar-refractivity contribution in [2.45, 2.75) is 18.5 Å². The zero-order chi connectivity index (χ0) is 13.3. The molecule has 0 fully saturated rings. The highest BCUT2D eigenvalue weighted by molar-refractivity contribution is 5.32. The van der Waals surface area contributed by atoms with Crippen LogP contribution < -0.4 is 5.73 Å². The van der Waals surface area contributed by atoms with E-state index >= 15 is 0 Å². The Morgan fingerprint density at radius 2 is 1.88 bits per heavy atom. The van der Waals surface area contributed by atoms with Crippen LogP contribution in [0.3, 0.4) is 0 Å². The van der Waals surface area contributed by atoms with E-state index in [1.807, 2.05) is 0 Å². The third-order valence-electron chi connectivity index (χ3n) is 2.77. The Kier molecular flexibility index (Phi) is 3.78. The largest absolute Gasteiger partial charge is 0.419 e. The van der Waals surface area contributed by atoms with E-state index in [1.54, 1.807) is 6.92 Å². The van der Waals surface area contributed by atoms with Gasteiger partial charge in [-0.2, -0.15) is 13.2 Å². The third kappa shape index (κ3) is 2.76. The van der Waals surface area contributed by atoms with Crippen molar-refractivity contribution in [3.63, 3.8) is 0 Å². The van der Waals surface area contributed by atoms with Crippen molar-refractivity contribution in [3.05, 3.63) is 35.1 Å².